The van der Waals surface area contributed by atoms with E-state index in [9.17, 15) is 4.79 Å². The minimum atomic E-state index is -1.02. The van der Waals surface area contributed by atoms with E-state index in [0.29, 0.717) is 6.42 Å². The topological polar surface area (TPSA) is 53.4 Å². The van der Waals surface area contributed by atoms with Crippen molar-refractivity contribution in [3.8, 4) is 12.3 Å². The fourth-order valence-electron chi connectivity index (χ4n) is 1.10. The van der Waals surface area contributed by atoms with Crippen LogP contribution in [0.4, 0.5) is 5.69 Å². The van der Waals surface area contributed by atoms with Crippen LogP contribution in [0, 0.1) is 12.3 Å². The van der Waals surface area contributed by atoms with Gasteiger partial charge in [-0.15, -0.1) is 12.3 Å². The molecule has 0 unspecified atom stereocenters. The molecule has 1 aromatic heterocycles. The van der Waals surface area contributed by atoms with Gasteiger partial charge in [0.05, 0.1) is 11.9 Å². The third-order valence-corrected chi connectivity index (χ3v) is 2.00. The Kier molecular flexibility index (Phi) is 3.69. The number of hydrogen-bond acceptors (Lipinski definition) is 3. The molecule has 0 aliphatic heterocycles. The number of anilines is 1. The van der Waals surface area contributed by atoms with Crippen molar-refractivity contribution in [1.29, 1.82) is 0 Å². The van der Waals surface area contributed by atoms with E-state index in [1.807, 2.05) is 11.9 Å². The molecule has 78 valence electrons. The maximum absolute atomic E-state index is 10.6. The van der Waals surface area contributed by atoms with E-state index in [2.05, 4.69) is 10.9 Å². The quantitative estimate of drug-likeness (QED) is 0.750. The molecular formula is C11H12N2O2. The number of terminal acetylenes is 1. The van der Waals surface area contributed by atoms with Gasteiger partial charge in [-0.2, -0.15) is 0 Å². The van der Waals surface area contributed by atoms with Crippen molar-refractivity contribution in [3.05, 3.63) is 24.0 Å². The van der Waals surface area contributed by atoms with Gasteiger partial charge in [0.2, 0.25) is 0 Å². The Hall–Kier alpha value is -2.02. The van der Waals surface area contributed by atoms with Crippen LogP contribution in [0.2, 0.25) is 0 Å². The summed E-state index contributed by atoms with van der Waals surface area (Å²) >= 11 is 0. The molecule has 1 rings (SSSR count). The number of aromatic nitrogens is 1. The summed E-state index contributed by atoms with van der Waals surface area (Å²) in [6.07, 6.45) is 7.33. The van der Waals surface area contributed by atoms with Crippen molar-refractivity contribution in [2.75, 3.05) is 18.5 Å². The van der Waals surface area contributed by atoms with Gasteiger partial charge in [-0.05, 0) is 12.1 Å². The summed E-state index contributed by atoms with van der Waals surface area (Å²) in [6.45, 7) is 0.727. The fourth-order valence-corrected chi connectivity index (χ4v) is 1.10. The predicted molar refractivity (Wildman–Crippen MR) is 57.9 cm³/mol. The smallest absolute Gasteiger partial charge is 0.354 e. The first-order chi connectivity index (χ1) is 7.15. The van der Waals surface area contributed by atoms with Crippen LogP contribution in [0.25, 0.3) is 0 Å². The number of pyridine rings is 1. The van der Waals surface area contributed by atoms with Gasteiger partial charge in [-0.1, -0.05) is 0 Å². The van der Waals surface area contributed by atoms with Crippen LogP contribution >= 0.6 is 0 Å². The van der Waals surface area contributed by atoms with Crippen LogP contribution in [0.3, 0.4) is 0 Å². The fraction of sp³-hybridized carbons (Fsp3) is 0.273. The molecule has 4 heteroatoms. The maximum atomic E-state index is 10.6. The zero-order valence-corrected chi connectivity index (χ0v) is 8.47. The number of rotatable bonds is 4. The average molecular weight is 204 g/mol. The van der Waals surface area contributed by atoms with Crippen molar-refractivity contribution in [1.82, 2.24) is 4.98 Å². The lowest BCUT2D eigenvalue weighted by Crippen LogP contribution is -2.18. The minimum Gasteiger partial charge on any atom is -0.477 e. The molecule has 0 spiro atoms. The van der Waals surface area contributed by atoms with E-state index >= 15 is 0 Å². The first-order valence-corrected chi connectivity index (χ1v) is 4.49. The molecule has 4 nitrogen and oxygen atoms in total. The first kappa shape index (κ1) is 11.1. The Morgan fingerprint density at radius 1 is 1.67 bits per heavy atom. The van der Waals surface area contributed by atoms with Gasteiger partial charge in [0.15, 0.2) is 0 Å². The zero-order valence-electron chi connectivity index (χ0n) is 8.47. The number of carbonyl (C=O) groups is 1. The molecule has 0 saturated carbocycles. The lowest BCUT2D eigenvalue weighted by molar-refractivity contribution is 0.0690. The molecule has 0 aromatic carbocycles. The van der Waals surface area contributed by atoms with Crippen molar-refractivity contribution >= 4 is 11.7 Å². The van der Waals surface area contributed by atoms with E-state index in [1.54, 1.807) is 6.07 Å². The minimum absolute atomic E-state index is 0.0455. The molecule has 1 N–H and O–H groups in total. The van der Waals surface area contributed by atoms with Crippen molar-refractivity contribution in [3.63, 3.8) is 0 Å². The summed E-state index contributed by atoms with van der Waals surface area (Å²) < 4.78 is 0. The van der Waals surface area contributed by atoms with Crippen LogP contribution in [0.5, 0.6) is 0 Å². The Morgan fingerprint density at radius 2 is 2.40 bits per heavy atom. The summed E-state index contributed by atoms with van der Waals surface area (Å²) in [5.41, 5.74) is 0.902. The van der Waals surface area contributed by atoms with Crippen LogP contribution < -0.4 is 4.90 Å². The number of hydrogen-bond donors (Lipinski definition) is 1. The molecule has 0 aliphatic rings. The number of aromatic carboxylic acids is 1. The van der Waals surface area contributed by atoms with Gasteiger partial charge in [-0.25, -0.2) is 9.78 Å². The number of carboxylic acid groups (broad SMARTS) is 1. The van der Waals surface area contributed by atoms with Gasteiger partial charge in [0.25, 0.3) is 0 Å². The third kappa shape index (κ3) is 2.99. The number of carboxylic acids is 1. The van der Waals surface area contributed by atoms with Crippen LogP contribution in [-0.4, -0.2) is 29.7 Å². The lowest BCUT2D eigenvalue weighted by Gasteiger charge is -2.17. The highest BCUT2D eigenvalue weighted by Gasteiger charge is 2.05. The summed E-state index contributed by atoms with van der Waals surface area (Å²) in [5, 5.41) is 8.65. The van der Waals surface area contributed by atoms with Crippen molar-refractivity contribution < 1.29 is 9.90 Å². The Bertz CT molecular complexity index is 379. The zero-order chi connectivity index (χ0) is 11.3. The monoisotopic (exact) mass is 204 g/mol. The largest absolute Gasteiger partial charge is 0.477 e. The van der Waals surface area contributed by atoms with E-state index < -0.39 is 5.97 Å². The average Bonchev–Trinajstić information content (AvgIpc) is 2.26. The van der Waals surface area contributed by atoms with Gasteiger partial charge >= 0.3 is 5.97 Å². The first-order valence-electron chi connectivity index (χ1n) is 4.49. The molecule has 1 heterocycles. The molecule has 1 aromatic rings. The number of nitrogens with zero attached hydrogens (tertiary/aromatic N) is 2. The molecular weight excluding hydrogens is 192 g/mol. The summed E-state index contributed by atoms with van der Waals surface area (Å²) in [4.78, 5) is 16.3. The molecule has 0 saturated heterocycles. The van der Waals surface area contributed by atoms with E-state index in [0.717, 1.165) is 12.2 Å². The third-order valence-electron chi connectivity index (χ3n) is 2.00. The van der Waals surface area contributed by atoms with Gasteiger partial charge < -0.3 is 10.0 Å². The second-order valence-electron chi connectivity index (χ2n) is 3.08. The van der Waals surface area contributed by atoms with E-state index in [1.165, 1.54) is 12.3 Å². The SMILES string of the molecule is C#CCCN(C)c1ccc(C(=O)O)nc1. The Balaban J connectivity index is 2.71. The summed E-state index contributed by atoms with van der Waals surface area (Å²) in [6, 6.07) is 3.19. The standard InChI is InChI=1S/C11H12N2O2/c1-3-4-7-13(2)9-5-6-10(11(14)15)12-8-9/h1,5-6,8H,4,7H2,2H3,(H,14,15). The van der Waals surface area contributed by atoms with Crippen molar-refractivity contribution in [2.45, 2.75) is 6.42 Å². The highest BCUT2D eigenvalue weighted by molar-refractivity contribution is 5.85. The van der Waals surface area contributed by atoms with Crippen LogP contribution in [-0.2, 0) is 0 Å². The molecule has 0 amide bonds. The van der Waals surface area contributed by atoms with Gasteiger partial charge in [-0.3, -0.25) is 0 Å². The second kappa shape index (κ2) is 5.01. The highest BCUT2D eigenvalue weighted by Crippen LogP contribution is 2.11. The van der Waals surface area contributed by atoms with Crippen molar-refractivity contribution in [2.24, 2.45) is 0 Å². The van der Waals surface area contributed by atoms with Gasteiger partial charge in [0, 0.05) is 20.0 Å². The Morgan fingerprint density at radius 3 is 2.87 bits per heavy atom. The van der Waals surface area contributed by atoms with Gasteiger partial charge in [0.1, 0.15) is 5.69 Å². The van der Waals surface area contributed by atoms with E-state index in [4.69, 9.17) is 11.5 Å². The molecule has 0 fully saturated rings. The highest BCUT2D eigenvalue weighted by atomic mass is 16.4. The second-order valence-corrected chi connectivity index (χ2v) is 3.08. The predicted octanol–water partition coefficient (Wildman–Crippen LogP) is 1.24. The van der Waals surface area contributed by atoms with Crippen LogP contribution in [0.15, 0.2) is 18.3 Å². The molecule has 0 bridgehead atoms. The molecule has 0 atom stereocenters. The normalized spacial score (nSPS) is 9.33. The lowest BCUT2D eigenvalue weighted by atomic mass is 10.3. The maximum Gasteiger partial charge on any atom is 0.354 e. The van der Waals surface area contributed by atoms with E-state index in [-0.39, 0.29) is 5.69 Å². The molecule has 0 aliphatic carbocycles. The summed E-state index contributed by atoms with van der Waals surface area (Å²) in [5.74, 6) is 1.52. The Labute approximate surface area is 88.6 Å². The van der Waals surface area contributed by atoms with Crippen LogP contribution in [0.1, 0.15) is 16.9 Å². The summed E-state index contributed by atoms with van der Waals surface area (Å²) in [7, 11) is 1.88. The molecule has 15 heavy (non-hydrogen) atoms. The molecule has 0 radical (unpaired) electrons.